The molecule has 1 amide bonds. The van der Waals surface area contributed by atoms with Crippen LogP contribution in [-0.2, 0) is 14.3 Å². The monoisotopic (exact) mass is 379 g/mol. The Hall–Kier alpha value is -0.560. The minimum Gasteiger partial charge on any atom is -0.466 e. The van der Waals surface area contributed by atoms with Crippen LogP contribution in [0.15, 0.2) is 0 Å². The number of carbonyl (C=O) groups excluding carboxylic acids is 2. The van der Waals surface area contributed by atoms with Crippen LogP contribution >= 0.6 is 21.6 Å². The highest BCUT2D eigenvalue weighted by molar-refractivity contribution is 8.77. The molecule has 0 aromatic carbocycles. The second-order valence-electron chi connectivity index (χ2n) is 7.39. The van der Waals surface area contributed by atoms with Crippen LogP contribution in [0.1, 0.15) is 61.3 Å². The van der Waals surface area contributed by atoms with Crippen molar-refractivity contribution in [3.8, 4) is 0 Å². The van der Waals surface area contributed by atoms with Gasteiger partial charge in [-0.2, -0.15) is 0 Å². The predicted octanol–water partition coefficient (Wildman–Crippen LogP) is 4.75. The molecule has 0 saturated heterocycles. The Bertz CT molecular complexity index is 389. The number of carbonyl (C=O) groups is 2. The maximum atomic E-state index is 12.3. The molecule has 0 spiro atoms. The molecule has 0 aromatic rings. The normalized spacial score (nSPS) is 12.0. The van der Waals surface area contributed by atoms with E-state index in [9.17, 15) is 9.59 Å². The molecular formula is C17H33NO4S2. The molecule has 0 rings (SSSR count). The van der Waals surface area contributed by atoms with Gasteiger partial charge in [0.15, 0.2) is 0 Å². The van der Waals surface area contributed by atoms with Crippen LogP contribution in [0, 0.1) is 0 Å². The van der Waals surface area contributed by atoms with E-state index >= 15 is 0 Å². The van der Waals surface area contributed by atoms with E-state index in [4.69, 9.17) is 9.47 Å². The standard InChI is InChI=1S/C17H33NO4S2/c1-8-21-14(19)10-9-11-18(15(20)22-16(2,3)4)12-13-23-24-17(5,6)7/h8-13H2,1-7H3. The Morgan fingerprint density at radius 1 is 1.04 bits per heavy atom. The van der Waals surface area contributed by atoms with Gasteiger partial charge in [-0.15, -0.1) is 0 Å². The third kappa shape index (κ3) is 13.8. The molecule has 0 bridgehead atoms. The first-order valence-electron chi connectivity index (χ1n) is 8.39. The Kier molecular flexibility index (Phi) is 10.9. The minimum atomic E-state index is -0.524. The molecule has 0 saturated carbocycles. The second-order valence-corrected chi connectivity index (χ2v) is 10.6. The van der Waals surface area contributed by atoms with E-state index in [-0.39, 0.29) is 16.8 Å². The van der Waals surface area contributed by atoms with Crippen molar-refractivity contribution in [3.05, 3.63) is 0 Å². The second kappa shape index (κ2) is 11.1. The first-order chi connectivity index (χ1) is 10.9. The molecule has 24 heavy (non-hydrogen) atoms. The number of rotatable bonds is 9. The SMILES string of the molecule is CCOC(=O)CCCN(CCSSC(C)(C)C)C(=O)OC(C)(C)C. The maximum Gasteiger partial charge on any atom is 0.410 e. The number of amides is 1. The first kappa shape index (κ1) is 23.4. The molecule has 0 N–H and O–H groups in total. The van der Waals surface area contributed by atoms with Crippen LogP contribution in [-0.4, -0.2) is 52.8 Å². The zero-order valence-corrected chi connectivity index (χ0v) is 17.8. The van der Waals surface area contributed by atoms with Crippen molar-refractivity contribution in [1.29, 1.82) is 0 Å². The topological polar surface area (TPSA) is 55.8 Å². The molecule has 0 radical (unpaired) electrons. The zero-order valence-electron chi connectivity index (χ0n) is 16.1. The number of hydrogen-bond donors (Lipinski definition) is 0. The maximum absolute atomic E-state index is 12.3. The van der Waals surface area contributed by atoms with E-state index in [0.717, 1.165) is 5.75 Å². The third-order valence-corrected chi connectivity index (χ3v) is 5.84. The number of ether oxygens (including phenoxy) is 2. The van der Waals surface area contributed by atoms with Gasteiger partial charge < -0.3 is 14.4 Å². The lowest BCUT2D eigenvalue weighted by molar-refractivity contribution is -0.143. The number of esters is 1. The van der Waals surface area contributed by atoms with Crippen molar-refractivity contribution in [2.45, 2.75) is 71.7 Å². The average Bonchev–Trinajstić information content (AvgIpc) is 2.38. The van der Waals surface area contributed by atoms with E-state index in [0.29, 0.717) is 32.5 Å². The van der Waals surface area contributed by atoms with E-state index in [1.807, 2.05) is 20.8 Å². The molecule has 0 heterocycles. The van der Waals surface area contributed by atoms with E-state index in [2.05, 4.69) is 20.8 Å². The summed E-state index contributed by atoms with van der Waals surface area (Å²) < 4.78 is 10.6. The van der Waals surface area contributed by atoms with Crippen molar-refractivity contribution >= 4 is 33.7 Å². The molecule has 7 heteroatoms. The van der Waals surface area contributed by atoms with Crippen LogP contribution < -0.4 is 0 Å². The van der Waals surface area contributed by atoms with E-state index in [1.165, 1.54) is 0 Å². The highest BCUT2D eigenvalue weighted by Gasteiger charge is 2.22. The first-order valence-corrected chi connectivity index (χ1v) is 10.7. The quantitative estimate of drug-likeness (QED) is 0.327. The summed E-state index contributed by atoms with van der Waals surface area (Å²) in [5.74, 6) is 0.597. The summed E-state index contributed by atoms with van der Waals surface area (Å²) >= 11 is 0. The van der Waals surface area contributed by atoms with Gasteiger partial charge in [-0.25, -0.2) is 4.79 Å². The average molecular weight is 380 g/mol. The van der Waals surface area contributed by atoms with Gasteiger partial charge in [-0.1, -0.05) is 42.4 Å². The van der Waals surface area contributed by atoms with E-state index in [1.54, 1.807) is 33.4 Å². The fraction of sp³-hybridized carbons (Fsp3) is 0.882. The Labute approximate surface area is 155 Å². The molecule has 5 nitrogen and oxygen atoms in total. The van der Waals surface area contributed by atoms with Crippen molar-refractivity contribution in [1.82, 2.24) is 4.90 Å². The minimum absolute atomic E-state index is 0.186. The summed E-state index contributed by atoms with van der Waals surface area (Å²) in [6, 6.07) is 0. The van der Waals surface area contributed by atoms with Gasteiger partial charge in [-0.05, 0) is 34.1 Å². The Balaban J connectivity index is 4.43. The smallest absolute Gasteiger partial charge is 0.410 e. The molecule has 0 aromatic heterocycles. The summed E-state index contributed by atoms with van der Waals surface area (Å²) in [6.07, 6.45) is 0.569. The highest BCUT2D eigenvalue weighted by Crippen LogP contribution is 2.34. The predicted molar refractivity (Wildman–Crippen MR) is 103 cm³/mol. The molecule has 0 aliphatic carbocycles. The number of hydrogen-bond acceptors (Lipinski definition) is 6. The summed E-state index contributed by atoms with van der Waals surface area (Å²) in [5, 5.41) is 0. The third-order valence-electron chi connectivity index (χ3n) is 2.52. The van der Waals surface area contributed by atoms with Crippen LogP contribution in [0.3, 0.4) is 0 Å². The van der Waals surface area contributed by atoms with Gasteiger partial charge in [0.2, 0.25) is 0 Å². The van der Waals surface area contributed by atoms with Gasteiger partial charge in [0.1, 0.15) is 5.60 Å². The molecule has 0 aliphatic heterocycles. The zero-order chi connectivity index (χ0) is 18.8. The van der Waals surface area contributed by atoms with Crippen molar-refractivity contribution < 1.29 is 19.1 Å². The Morgan fingerprint density at radius 2 is 1.67 bits per heavy atom. The molecule has 0 fully saturated rings. The molecule has 0 atom stereocenters. The fourth-order valence-electron chi connectivity index (χ4n) is 1.63. The lowest BCUT2D eigenvalue weighted by Crippen LogP contribution is -2.38. The lowest BCUT2D eigenvalue weighted by Gasteiger charge is -2.27. The molecular weight excluding hydrogens is 346 g/mol. The molecule has 0 unspecified atom stereocenters. The van der Waals surface area contributed by atoms with Crippen molar-refractivity contribution in [3.63, 3.8) is 0 Å². The van der Waals surface area contributed by atoms with Gasteiger partial charge in [-0.3, -0.25) is 4.79 Å². The van der Waals surface area contributed by atoms with Crippen LogP contribution in [0.25, 0.3) is 0 Å². The molecule has 0 aliphatic rings. The largest absolute Gasteiger partial charge is 0.466 e. The number of nitrogens with zero attached hydrogens (tertiary/aromatic N) is 1. The van der Waals surface area contributed by atoms with Gasteiger partial charge in [0, 0.05) is 30.0 Å². The highest BCUT2D eigenvalue weighted by atomic mass is 33.1. The summed E-state index contributed by atoms with van der Waals surface area (Å²) in [7, 11) is 3.55. The lowest BCUT2D eigenvalue weighted by atomic mass is 10.2. The molecule has 142 valence electrons. The summed E-state index contributed by atoms with van der Waals surface area (Å²) in [5.41, 5.74) is -0.524. The Morgan fingerprint density at radius 3 is 2.17 bits per heavy atom. The van der Waals surface area contributed by atoms with E-state index < -0.39 is 5.60 Å². The van der Waals surface area contributed by atoms with Gasteiger partial charge in [0.25, 0.3) is 0 Å². The van der Waals surface area contributed by atoms with Crippen molar-refractivity contribution in [2.75, 3.05) is 25.4 Å². The van der Waals surface area contributed by atoms with Crippen LogP contribution in [0.5, 0.6) is 0 Å². The fourth-order valence-corrected chi connectivity index (χ4v) is 3.90. The summed E-state index contributed by atoms with van der Waals surface area (Å²) in [4.78, 5) is 25.4. The van der Waals surface area contributed by atoms with Crippen LogP contribution in [0.4, 0.5) is 4.79 Å². The van der Waals surface area contributed by atoms with Crippen molar-refractivity contribution in [2.24, 2.45) is 0 Å². The summed E-state index contributed by atoms with van der Waals surface area (Å²) in [6.45, 7) is 15.3. The van der Waals surface area contributed by atoms with Gasteiger partial charge >= 0.3 is 12.1 Å². The van der Waals surface area contributed by atoms with Crippen LogP contribution in [0.2, 0.25) is 0 Å². The van der Waals surface area contributed by atoms with Gasteiger partial charge in [0.05, 0.1) is 6.61 Å².